The van der Waals surface area contributed by atoms with Gasteiger partial charge in [-0.05, 0) is 24.1 Å². The molecule has 4 heteroatoms. The van der Waals surface area contributed by atoms with Crippen molar-refractivity contribution in [3.8, 4) is 0 Å². The molecule has 0 saturated heterocycles. The lowest BCUT2D eigenvalue weighted by Gasteiger charge is -2.04. The van der Waals surface area contributed by atoms with Gasteiger partial charge in [0.1, 0.15) is 6.33 Å². The number of hydrogen-bond donors (Lipinski definition) is 0. The van der Waals surface area contributed by atoms with Crippen molar-refractivity contribution in [1.82, 2.24) is 8.96 Å². The Hall–Kier alpha value is -1.29. The maximum absolute atomic E-state index is 11.3. The lowest BCUT2D eigenvalue weighted by Crippen LogP contribution is -2.08. The molecule has 0 aliphatic rings. The SMILES string of the molecule is CSn1cnc(=O)c2ccccc21. The molecule has 0 radical (unpaired) electrons. The summed E-state index contributed by atoms with van der Waals surface area (Å²) in [7, 11) is 0. The van der Waals surface area contributed by atoms with E-state index in [-0.39, 0.29) is 5.56 Å². The third kappa shape index (κ3) is 1.33. The van der Waals surface area contributed by atoms with E-state index >= 15 is 0 Å². The number of benzene rings is 1. The standard InChI is InChI=1S/C9H8N2OS/c1-13-11-6-10-9(12)7-4-2-3-5-8(7)11/h2-6H,1H3. The predicted molar refractivity (Wildman–Crippen MR) is 54.9 cm³/mol. The quantitative estimate of drug-likeness (QED) is 0.687. The maximum atomic E-state index is 11.3. The van der Waals surface area contributed by atoms with Crippen LogP contribution in [0.4, 0.5) is 0 Å². The topological polar surface area (TPSA) is 34.9 Å². The molecule has 13 heavy (non-hydrogen) atoms. The second-order valence-electron chi connectivity index (χ2n) is 2.58. The molecule has 0 aliphatic heterocycles. The summed E-state index contributed by atoms with van der Waals surface area (Å²) in [6.07, 6.45) is 3.49. The van der Waals surface area contributed by atoms with Crippen molar-refractivity contribution in [3.05, 3.63) is 40.9 Å². The molecule has 2 aromatic rings. The van der Waals surface area contributed by atoms with E-state index in [2.05, 4.69) is 4.98 Å². The first-order valence-corrected chi connectivity index (χ1v) is 5.02. The Balaban J connectivity index is 2.93. The summed E-state index contributed by atoms with van der Waals surface area (Å²) < 4.78 is 1.87. The van der Waals surface area contributed by atoms with E-state index in [4.69, 9.17) is 0 Å². The average molecular weight is 192 g/mol. The Morgan fingerprint density at radius 2 is 2.15 bits per heavy atom. The highest BCUT2D eigenvalue weighted by atomic mass is 32.2. The smallest absolute Gasteiger partial charge is 0.274 e. The van der Waals surface area contributed by atoms with Gasteiger partial charge in [0.05, 0.1) is 10.9 Å². The van der Waals surface area contributed by atoms with Crippen molar-refractivity contribution in [3.63, 3.8) is 0 Å². The maximum Gasteiger partial charge on any atom is 0.280 e. The third-order valence-corrected chi connectivity index (χ3v) is 2.53. The molecule has 1 aromatic carbocycles. The Morgan fingerprint density at radius 3 is 2.92 bits per heavy atom. The summed E-state index contributed by atoms with van der Waals surface area (Å²) in [5.41, 5.74) is 0.746. The minimum atomic E-state index is -0.166. The van der Waals surface area contributed by atoms with Crippen LogP contribution in [0.2, 0.25) is 0 Å². The third-order valence-electron chi connectivity index (χ3n) is 1.85. The summed E-state index contributed by atoms with van der Waals surface area (Å²) in [5, 5.41) is 0.666. The molecule has 0 fully saturated rings. The van der Waals surface area contributed by atoms with Gasteiger partial charge in [0.15, 0.2) is 0 Å². The van der Waals surface area contributed by atoms with Crippen molar-refractivity contribution in [2.75, 3.05) is 6.26 Å². The van der Waals surface area contributed by atoms with Crippen molar-refractivity contribution in [2.24, 2.45) is 0 Å². The fourth-order valence-corrected chi connectivity index (χ4v) is 1.73. The number of hydrogen-bond acceptors (Lipinski definition) is 3. The zero-order chi connectivity index (χ0) is 9.26. The van der Waals surface area contributed by atoms with Gasteiger partial charge in [-0.15, -0.1) is 0 Å². The van der Waals surface area contributed by atoms with E-state index in [0.717, 1.165) is 5.52 Å². The van der Waals surface area contributed by atoms with E-state index in [1.54, 1.807) is 12.4 Å². The molecule has 3 nitrogen and oxygen atoms in total. The highest BCUT2D eigenvalue weighted by molar-refractivity contribution is 7.97. The molecule has 0 bridgehead atoms. The van der Waals surface area contributed by atoms with Crippen LogP contribution in [0.3, 0.4) is 0 Å². The number of fused-ring (bicyclic) bond motifs is 1. The zero-order valence-electron chi connectivity index (χ0n) is 7.10. The number of para-hydroxylation sites is 1. The molecule has 1 heterocycles. The average Bonchev–Trinajstić information content (AvgIpc) is 2.19. The molecule has 2 rings (SSSR count). The summed E-state index contributed by atoms with van der Waals surface area (Å²) in [4.78, 5) is 15.1. The largest absolute Gasteiger partial charge is 0.280 e. The lowest BCUT2D eigenvalue weighted by atomic mass is 10.2. The summed E-state index contributed by atoms with van der Waals surface area (Å²) >= 11 is 1.52. The fraction of sp³-hybridized carbons (Fsp3) is 0.111. The first-order valence-electron chi connectivity index (χ1n) is 3.84. The van der Waals surface area contributed by atoms with Crippen LogP contribution in [0, 0.1) is 0 Å². The van der Waals surface area contributed by atoms with Crippen LogP contribution in [0.1, 0.15) is 0 Å². The van der Waals surface area contributed by atoms with Crippen molar-refractivity contribution < 1.29 is 0 Å². The van der Waals surface area contributed by atoms with Crippen LogP contribution >= 0.6 is 11.9 Å². The van der Waals surface area contributed by atoms with E-state index in [0.29, 0.717) is 5.39 Å². The summed E-state index contributed by atoms with van der Waals surface area (Å²) in [5.74, 6) is 0. The number of rotatable bonds is 1. The van der Waals surface area contributed by atoms with Gasteiger partial charge in [-0.2, -0.15) is 4.98 Å². The second-order valence-corrected chi connectivity index (χ2v) is 3.33. The number of aromatic nitrogens is 2. The monoisotopic (exact) mass is 192 g/mol. The van der Waals surface area contributed by atoms with Gasteiger partial charge in [-0.3, -0.25) is 8.77 Å². The Kier molecular flexibility index (Phi) is 2.06. The number of nitrogens with zero attached hydrogens (tertiary/aromatic N) is 2. The minimum Gasteiger partial charge on any atom is -0.274 e. The van der Waals surface area contributed by atoms with E-state index < -0.39 is 0 Å². The van der Waals surface area contributed by atoms with E-state index in [1.807, 2.05) is 28.4 Å². The van der Waals surface area contributed by atoms with Gasteiger partial charge in [0, 0.05) is 6.26 Å². The van der Waals surface area contributed by atoms with Gasteiger partial charge in [-0.1, -0.05) is 12.1 Å². The molecule has 0 N–H and O–H groups in total. The molecule has 66 valence electrons. The first kappa shape index (κ1) is 8.31. The Morgan fingerprint density at radius 1 is 1.38 bits per heavy atom. The van der Waals surface area contributed by atoms with Gasteiger partial charge in [0.25, 0.3) is 5.56 Å². The van der Waals surface area contributed by atoms with Crippen LogP contribution in [0.25, 0.3) is 10.9 Å². The van der Waals surface area contributed by atoms with Crippen LogP contribution in [-0.2, 0) is 0 Å². The molecular formula is C9H8N2OS. The first-order chi connectivity index (χ1) is 6.33. The van der Waals surface area contributed by atoms with Crippen LogP contribution in [0.15, 0.2) is 35.4 Å². The van der Waals surface area contributed by atoms with E-state index in [1.165, 1.54) is 11.9 Å². The molecular weight excluding hydrogens is 184 g/mol. The van der Waals surface area contributed by atoms with Crippen molar-refractivity contribution >= 4 is 22.9 Å². The molecule has 0 amide bonds. The van der Waals surface area contributed by atoms with Gasteiger partial charge in [0.2, 0.25) is 0 Å². The second kappa shape index (κ2) is 3.22. The molecule has 0 aliphatic carbocycles. The molecule has 0 spiro atoms. The molecule has 0 atom stereocenters. The zero-order valence-corrected chi connectivity index (χ0v) is 7.91. The van der Waals surface area contributed by atoms with Gasteiger partial charge < -0.3 is 0 Å². The van der Waals surface area contributed by atoms with Crippen LogP contribution in [0.5, 0.6) is 0 Å². The summed E-state index contributed by atoms with van der Waals surface area (Å²) in [6.45, 7) is 0. The normalized spacial score (nSPS) is 10.5. The minimum absolute atomic E-state index is 0.166. The van der Waals surface area contributed by atoms with Gasteiger partial charge >= 0.3 is 0 Å². The Bertz CT molecular complexity index is 492. The molecule has 1 aromatic heterocycles. The van der Waals surface area contributed by atoms with Crippen LogP contribution in [-0.4, -0.2) is 15.2 Å². The van der Waals surface area contributed by atoms with Gasteiger partial charge in [-0.25, -0.2) is 0 Å². The predicted octanol–water partition coefficient (Wildman–Crippen LogP) is 1.52. The lowest BCUT2D eigenvalue weighted by molar-refractivity contribution is 1.13. The van der Waals surface area contributed by atoms with Crippen molar-refractivity contribution in [1.29, 1.82) is 0 Å². The molecule has 0 saturated carbocycles. The fourth-order valence-electron chi connectivity index (χ4n) is 1.23. The summed E-state index contributed by atoms with van der Waals surface area (Å²) in [6, 6.07) is 7.46. The highest BCUT2D eigenvalue weighted by Crippen LogP contribution is 2.12. The Labute approximate surface area is 79.5 Å². The molecule has 0 unspecified atom stereocenters. The highest BCUT2D eigenvalue weighted by Gasteiger charge is 2.00. The van der Waals surface area contributed by atoms with Crippen molar-refractivity contribution in [2.45, 2.75) is 0 Å². The van der Waals surface area contributed by atoms with Crippen LogP contribution < -0.4 is 5.56 Å². The van der Waals surface area contributed by atoms with E-state index in [9.17, 15) is 4.79 Å².